The van der Waals surface area contributed by atoms with Crippen molar-refractivity contribution in [1.82, 2.24) is 19.9 Å². The number of primary amides is 1. The van der Waals surface area contributed by atoms with Crippen LogP contribution in [0.1, 0.15) is 68.4 Å². The molecule has 1 saturated heterocycles. The predicted molar refractivity (Wildman–Crippen MR) is 125 cm³/mol. The molecule has 2 aromatic rings. The lowest BCUT2D eigenvalue weighted by atomic mass is 10.0. The molecule has 1 unspecified atom stereocenters. The molecule has 5 N–H and O–H groups in total. The Hall–Kier alpha value is -3.63. The number of anilines is 3. The van der Waals surface area contributed by atoms with Crippen LogP contribution in [0, 0.1) is 0 Å². The van der Waals surface area contributed by atoms with Crippen LogP contribution in [0.25, 0.3) is 0 Å². The first-order valence-electron chi connectivity index (χ1n) is 11.0. The molecule has 1 aliphatic heterocycles. The van der Waals surface area contributed by atoms with Gasteiger partial charge in [-0.25, -0.2) is 9.78 Å². The monoisotopic (exact) mass is 457 g/mol. The van der Waals surface area contributed by atoms with E-state index in [4.69, 9.17) is 10.8 Å². The summed E-state index contributed by atoms with van der Waals surface area (Å²) in [6.07, 6.45) is 3.48. The summed E-state index contributed by atoms with van der Waals surface area (Å²) in [5, 5.41) is 14.7. The molecule has 11 heteroatoms. The first-order chi connectivity index (χ1) is 15.6. The van der Waals surface area contributed by atoms with Gasteiger partial charge in [0.05, 0.1) is 5.69 Å². The first-order valence-corrected chi connectivity index (χ1v) is 11.0. The van der Waals surface area contributed by atoms with Gasteiger partial charge >= 0.3 is 6.09 Å². The number of hydrogen-bond acceptors (Lipinski definition) is 7. The summed E-state index contributed by atoms with van der Waals surface area (Å²) >= 11 is 0. The fourth-order valence-electron chi connectivity index (χ4n) is 3.88. The number of rotatable bonds is 7. The zero-order chi connectivity index (χ0) is 24.3. The summed E-state index contributed by atoms with van der Waals surface area (Å²) in [5.74, 6) is -0.0904. The van der Waals surface area contributed by atoms with Crippen LogP contribution in [0.2, 0.25) is 0 Å². The normalized spacial score (nSPS) is 16.2. The summed E-state index contributed by atoms with van der Waals surface area (Å²) in [6.45, 7) is 8.80. The first kappa shape index (κ1) is 24.0. The van der Waals surface area contributed by atoms with E-state index in [0.717, 1.165) is 12.8 Å². The van der Waals surface area contributed by atoms with Crippen molar-refractivity contribution in [3.05, 3.63) is 39.9 Å². The smallest absolute Gasteiger partial charge is 0.404 e. The number of piperidine rings is 1. The van der Waals surface area contributed by atoms with Gasteiger partial charge in [-0.2, -0.15) is 4.98 Å². The van der Waals surface area contributed by atoms with E-state index in [1.54, 1.807) is 16.8 Å². The molecule has 3 rings (SSSR count). The van der Waals surface area contributed by atoms with E-state index in [0.29, 0.717) is 30.3 Å². The molecule has 3 heterocycles. The highest BCUT2D eigenvalue weighted by Crippen LogP contribution is 2.25. The Labute approximate surface area is 192 Å². The van der Waals surface area contributed by atoms with E-state index in [1.807, 2.05) is 32.6 Å². The second kappa shape index (κ2) is 9.88. The number of nitrogens with zero attached hydrogens (tertiary/aromatic N) is 4. The van der Waals surface area contributed by atoms with Gasteiger partial charge in [0.1, 0.15) is 11.4 Å². The van der Waals surface area contributed by atoms with Crippen molar-refractivity contribution < 1.29 is 14.7 Å². The maximum atomic E-state index is 12.8. The molecule has 0 bridgehead atoms. The van der Waals surface area contributed by atoms with E-state index >= 15 is 0 Å². The van der Waals surface area contributed by atoms with Crippen LogP contribution >= 0.6 is 0 Å². The van der Waals surface area contributed by atoms with E-state index in [9.17, 15) is 14.4 Å². The molecule has 0 aliphatic carbocycles. The second-order valence-electron chi connectivity index (χ2n) is 8.80. The van der Waals surface area contributed by atoms with Crippen molar-refractivity contribution in [3.8, 4) is 0 Å². The van der Waals surface area contributed by atoms with E-state index in [-0.39, 0.29) is 34.9 Å². The third-order valence-electron chi connectivity index (χ3n) is 5.59. The van der Waals surface area contributed by atoms with Gasteiger partial charge in [-0.15, -0.1) is 0 Å². The highest BCUT2D eigenvalue weighted by molar-refractivity contribution is 5.98. The highest BCUT2D eigenvalue weighted by Gasteiger charge is 2.24. The van der Waals surface area contributed by atoms with Gasteiger partial charge in [0.2, 0.25) is 5.95 Å². The fourth-order valence-corrected chi connectivity index (χ4v) is 3.88. The summed E-state index contributed by atoms with van der Waals surface area (Å²) in [5.41, 5.74) is 6.85. The number of hydrogen-bond donors (Lipinski definition) is 4. The molecule has 11 nitrogen and oxygen atoms in total. The van der Waals surface area contributed by atoms with Gasteiger partial charge < -0.3 is 30.9 Å². The van der Waals surface area contributed by atoms with Crippen LogP contribution in [0.4, 0.5) is 22.2 Å². The van der Waals surface area contributed by atoms with Crippen molar-refractivity contribution in [1.29, 1.82) is 0 Å². The summed E-state index contributed by atoms with van der Waals surface area (Å²) < 4.78 is 1.64. The molecule has 1 atom stereocenters. The number of pyridine rings is 1. The molecule has 0 radical (unpaired) electrons. The Kier molecular flexibility index (Phi) is 7.19. The molecule has 0 saturated carbocycles. The maximum Gasteiger partial charge on any atom is 0.404 e. The van der Waals surface area contributed by atoms with Gasteiger partial charge in [-0.05, 0) is 38.7 Å². The Morgan fingerprint density at radius 1 is 1.27 bits per heavy atom. The number of carbonyl (C=O) groups excluding carboxylic acids is 1. The predicted octanol–water partition coefficient (Wildman–Crippen LogP) is 2.42. The Morgan fingerprint density at radius 2 is 2.00 bits per heavy atom. The van der Waals surface area contributed by atoms with Gasteiger partial charge in [-0.1, -0.05) is 13.8 Å². The van der Waals surface area contributed by atoms with Crippen molar-refractivity contribution >= 4 is 29.5 Å². The Morgan fingerprint density at radius 3 is 2.61 bits per heavy atom. The number of nitrogens with two attached hydrogens (primary N) is 1. The van der Waals surface area contributed by atoms with Crippen molar-refractivity contribution in [2.24, 2.45) is 5.73 Å². The summed E-state index contributed by atoms with van der Waals surface area (Å²) in [6, 6.07) is 1.46. The lowest BCUT2D eigenvalue weighted by molar-refractivity contribution is 0.100. The molecular formula is C22H31N7O4. The number of nitrogens with one attached hydrogen (secondary N) is 2. The Balaban J connectivity index is 1.98. The standard InChI is InChI=1S/C22H31N7O4/c1-12(2)16-8-15(11-29(13(3)4)20(16)31)25-19-17(18(23)30)9-24-21(27-19)28-7-5-6-14(10-28)26-22(32)33/h8-9,11-14,26H,5-7,10H2,1-4H3,(H2,23,30)(H,32,33)(H,24,25,27). The van der Waals surface area contributed by atoms with E-state index in [1.165, 1.54) is 6.20 Å². The molecule has 0 aromatic carbocycles. The SMILES string of the molecule is CC(C)c1cc(Nc2nc(N3CCCC(NC(=O)O)C3)ncc2C(N)=O)cn(C(C)C)c1=O. The summed E-state index contributed by atoms with van der Waals surface area (Å²) in [7, 11) is 0. The fraction of sp³-hybridized carbons (Fsp3) is 0.500. The van der Waals surface area contributed by atoms with Crippen LogP contribution < -0.4 is 26.8 Å². The third kappa shape index (κ3) is 5.60. The minimum atomic E-state index is -1.07. The van der Waals surface area contributed by atoms with Crippen LogP contribution in [0.15, 0.2) is 23.3 Å². The number of amides is 2. The van der Waals surface area contributed by atoms with Crippen molar-refractivity contribution in [3.63, 3.8) is 0 Å². The van der Waals surface area contributed by atoms with Crippen molar-refractivity contribution in [2.45, 2.75) is 58.5 Å². The quantitative estimate of drug-likeness (QED) is 0.494. The minimum Gasteiger partial charge on any atom is -0.465 e. The van der Waals surface area contributed by atoms with Crippen LogP contribution in [0.3, 0.4) is 0 Å². The zero-order valence-electron chi connectivity index (χ0n) is 19.3. The van der Waals surface area contributed by atoms with Crippen LogP contribution in [-0.4, -0.2) is 50.8 Å². The van der Waals surface area contributed by atoms with Crippen LogP contribution in [-0.2, 0) is 0 Å². The Bertz CT molecular complexity index is 1060. The third-order valence-corrected chi connectivity index (χ3v) is 5.59. The van der Waals surface area contributed by atoms with E-state index in [2.05, 4.69) is 20.6 Å². The van der Waals surface area contributed by atoms with Crippen molar-refractivity contribution in [2.75, 3.05) is 23.3 Å². The topological polar surface area (TPSA) is 155 Å². The molecule has 33 heavy (non-hydrogen) atoms. The molecular weight excluding hydrogens is 426 g/mol. The lowest BCUT2D eigenvalue weighted by Crippen LogP contribution is -2.48. The largest absolute Gasteiger partial charge is 0.465 e. The molecule has 0 spiro atoms. The number of carbonyl (C=O) groups is 2. The van der Waals surface area contributed by atoms with Gasteiger partial charge in [0, 0.05) is 43.1 Å². The molecule has 1 fully saturated rings. The average Bonchev–Trinajstić information content (AvgIpc) is 2.74. The zero-order valence-corrected chi connectivity index (χ0v) is 19.3. The molecule has 2 amide bonds. The maximum absolute atomic E-state index is 12.8. The number of aromatic nitrogens is 3. The lowest BCUT2D eigenvalue weighted by Gasteiger charge is -2.32. The molecule has 178 valence electrons. The second-order valence-corrected chi connectivity index (χ2v) is 8.80. The van der Waals surface area contributed by atoms with E-state index < -0.39 is 12.0 Å². The van der Waals surface area contributed by atoms with Crippen LogP contribution in [0.5, 0.6) is 0 Å². The van der Waals surface area contributed by atoms with Gasteiger partial charge in [0.15, 0.2) is 0 Å². The number of carboxylic acid groups (broad SMARTS) is 1. The summed E-state index contributed by atoms with van der Waals surface area (Å²) in [4.78, 5) is 46.5. The van der Waals surface area contributed by atoms with Gasteiger partial charge in [0.25, 0.3) is 11.5 Å². The molecule has 1 aliphatic rings. The minimum absolute atomic E-state index is 0.00726. The average molecular weight is 458 g/mol. The van der Waals surface area contributed by atoms with Gasteiger partial charge in [-0.3, -0.25) is 9.59 Å². The molecule has 2 aromatic heterocycles. The highest BCUT2D eigenvalue weighted by atomic mass is 16.4.